The fourth-order valence-corrected chi connectivity index (χ4v) is 3.06. The second-order valence-corrected chi connectivity index (χ2v) is 5.97. The minimum Gasteiger partial charge on any atom is -0.361 e. The van der Waals surface area contributed by atoms with Gasteiger partial charge in [-0.2, -0.15) is 0 Å². The van der Waals surface area contributed by atoms with Crippen molar-refractivity contribution >= 4 is 28.4 Å². The molecule has 1 aromatic heterocycles. The minimum absolute atomic E-state index is 0.279. The van der Waals surface area contributed by atoms with Crippen molar-refractivity contribution in [3.05, 3.63) is 42.1 Å². The second-order valence-electron chi connectivity index (χ2n) is 5.97. The molecule has 2 heterocycles. The van der Waals surface area contributed by atoms with Crippen molar-refractivity contribution in [2.24, 2.45) is 0 Å². The first kappa shape index (κ1) is 16.3. The van der Waals surface area contributed by atoms with E-state index in [9.17, 15) is 9.59 Å². The van der Waals surface area contributed by atoms with Crippen LogP contribution in [0.3, 0.4) is 0 Å². The van der Waals surface area contributed by atoms with E-state index < -0.39 is 6.03 Å². The Bertz CT molecular complexity index is 793. The molecular weight excluding hydrogens is 304 g/mol. The molecule has 1 aliphatic heterocycles. The van der Waals surface area contributed by atoms with E-state index in [4.69, 9.17) is 0 Å². The number of nitrogens with zero attached hydrogens (tertiary/aromatic N) is 1. The lowest BCUT2D eigenvalue weighted by Crippen LogP contribution is -2.50. The molecular formula is C18H22N4O2. The molecule has 0 aliphatic carbocycles. The van der Waals surface area contributed by atoms with E-state index in [1.54, 1.807) is 0 Å². The van der Waals surface area contributed by atoms with Crippen molar-refractivity contribution in [1.82, 2.24) is 20.5 Å². The summed E-state index contributed by atoms with van der Waals surface area (Å²) in [6.07, 6.45) is 5.09. The largest absolute Gasteiger partial charge is 0.361 e. The number of imide groups is 1. The number of amides is 3. The van der Waals surface area contributed by atoms with E-state index >= 15 is 0 Å². The molecule has 0 radical (unpaired) electrons. The first-order valence-electron chi connectivity index (χ1n) is 8.12. The Morgan fingerprint density at radius 1 is 1.29 bits per heavy atom. The molecule has 1 atom stereocenters. The highest BCUT2D eigenvalue weighted by Crippen LogP contribution is 2.29. The molecule has 3 amide bonds. The number of H-pyrrole nitrogens is 1. The number of carbonyl (C=O) groups is 2. The molecule has 6 nitrogen and oxygen atoms in total. The summed E-state index contributed by atoms with van der Waals surface area (Å²) in [5.41, 5.74) is 3.66. The normalized spacial score (nSPS) is 16.5. The van der Waals surface area contributed by atoms with Crippen molar-refractivity contribution in [1.29, 1.82) is 0 Å². The maximum absolute atomic E-state index is 12.1. The smallest absolute Gasteiger partial charge is 0.321 e. The lowest BCUT2D eigenvalue weighted by atomic mass is 9.98. The number of carbonyl (C=O) groups excluding carboxylic acids is 2. The van der Waals surface area contributed by atoms with E-state index in [0.29, 0.717) is 6.54 Å². The summed E-state index contributed by atoms with van der Waals surface area (Å²) < 4.78 is 0. The summed E-state index contributed by atoms with van der Waals surface area (Å²) in [5.74, 6) is -0.279. The van der Waals surface area contributed by atoms with Crippen LogP contribution in [0.4, 0.5) is 4.79 Å². The maximum Gasteiger partial charge on any atom is 0.321 e. The van der Waals surface area contributed by atoms with Crippen LogP contribution in [-0.2, 0) is 4.79 Å². The predicted octanol–water partition coefficient (Wildman–Crippen LogP) is 2.10. The molecule has 24 heavy (non-hydrogen) atoms. The molecule has 0 fully saturated rings. The van der Waals surface area contributed by atoms with E-state index in [-0.39, 0.29) is 11.9 Å². The van der Waals surface area contributed by atoms with Crippen LogP contribution in [0, 0.1) is 0 Å². The van der Waals surface area contributed by atoms with E-state index in [1.807, 2.05) is 25.3 Å². The molecule has 1 aliphatic rings. The number of aromatic amines is 1. The summed E-state index contributed by atoms with van der Waals surface area (Å²) in [7, 11) is 1.49. The lowest BCUT2D eigenvalue weighted by Gasteiger charge is -2.30. The summed E-state index contributed by atoms with van der Waals surface area (Å²) >= 11 is 0. The number of nitrogens with one attached hydrogen (secondary N) is 3. The van der Waals surface area contributed by atoms with Gasteiger partial charge in [-0.15, -0.1) is 0 Å². The Morgan fingerprint density at radius 2 is 2.08 bits per heavy atom. The highest BCUT2D eigenvalue weighted by Gasteiger charge is 2.24. The Morgan fingerprint density at radius 3 is 2.79 bits per heavy atom. The molecule has 2 aromatic rings. The fraction of sp³-hybridized carbons (Fsp3) is 0.333. The first-order valence-corrected chi connectivity index (χ1v) is 8.12. The van der Waals surface area contributed by atoms with Gasteiger partial charge in [-0.05, 0) is 25.0 Å². The monoisotopic (exact) mass is 326 g/mol. The van der Waals surface area contributed by atoms with Crippen LogP contribution in [0.5, 0.6) is 0 Å². The SMILES string of the molecule is CNC(=O)NC(=O)[C@H](C)N1CC=C(c2c[nH]c3ccccc23)CC1. The summed E-state index contributed by atoms with van der Waals surface area (Å²) in [6, 6.07) is 7.43. The Balaban J connectivity index is 1.70. The van der Waals surface area contributed by atoms with Gasteiger partial charge in [0.05, 0.1) is 6.04 Å². The number of para-hydroxylation sites is 1. The van der Waals surface area contributed by atoms with Crippen LogP contribution >= 0.6 is 0 Å². The van der Waals surface area contributed by atoms with E-state index in [0.717, 1.165) is 18.5 Å². The zero-order valence-corrected chi connectivity index (χ0v) is 13.9. The molecule has 3 N–H and O–H groups in total. The van der Waals surface area contributed by atoms with Gasteiger partial charge in [-0.25, -0.2) is 4.79 Å². The van der Waals surface area contributed by atoms with Crippen LogP contribution in [0.15, 0.2) is 36.5 Å². The molecule has 126 valence electrons. The van der Waals surface area contributed by atoms with Crippen molar-refractivity contribution in [2.75, 3.05) is 20.1 Å². The van der Waals surface area contributed by atoms with Gasteiger partial charge in [0, 0.05) is 42.8 Å². The molecule has 3 rings (SSSR count). The van der Waals surface area contributed by atoms with Crippen LogP contribution in [-0.4, -0.2) is 48.0 Å². The van der Waals surface area contributed by atoms with E-state index in [2.05, 4.69) is 38.7 Å². The van der Waals surface area contributed by atoms with Gasteiger partial charge in [-0.3, -0.25) is 15.0 Å². The van der Waals surface area contributed by atoms with Gasteiger partial charge < -0.3 is 10.3 Å². The van der Waals surface area contributed by atoms with Gasteiger partial charge in [0.2, 0.25) is 5.91 Å². The fourth-order valence-electron chi connectivity index (χ4n) is 3.06. The highest BCUT2D eigenvalue weighted by atomic mass is 16.2. The van der Waals surface area contributed by atoms with Gasteiger partial charge in [0.15, 0.2) is 0 Å². The molecule has 0 bridgehead atoms. The number of rotatable bonds is 3. The number of hydrogen-bond donors (Lipinski definition) is 3. The third-order valence-corrected chi connectivity index (χ3v) is 4.57. The Labute approximate surface area is 140 Å². The topological polar surface area (TPSA) is 77.2 Å². The molecule has 6 heteroatoms. The van der Waals surface area contributed by atoms with Crippen LogP contribution in [0.1, 0.15) is 18.9 Å². The predicted molar refractivity (Wildman–Crippen MR) is 94.5 cm³/mol. The lowest BCUT2D eigenvalue weighted by molar-refractivity contribution is -0.124. The van der Waals surface area contributed by atoms with Crippen LogP contribution in [0.2, 0.25) is 0 Å². The van der Waals surface area contributed by atoms with Crippen molar-refractivity contribution in [3.8, 4) is 0 Å². The average molecular weight is 326 g/mol. The molecule has 1 aromatic carbocycles. The van der Waals surface area contributed by atoms with Gasteiger partial charge in [0.25, 0.3) is 0 Å². The minimum atomic E-state index is -0.473. The molecule has 0 saturated heterocycles. The molecule has 0 unspecified atom stereocenters. The third-order valence-electron chi connectivity index (χ3n) is 4.57. The van der Waals surface area contributed by atoms with Crippen molar-refractivity contribution in [2.45, 2.75) is 19.4 Å². The third kappa shape index (κ3) is 3.19. The summed E-state index contributed by atoms with van der Waals surface area (Å²) in [6.45, 7) is 3.30. The standard InChI is InChI=1S/C18H22N4O2/c1-12(17(23)21-18(24)19-2)22-9-7-13(8-10-22)15-11-20-16-6-4-3-5-14(15)16/h3-7,11-12,20H,8-10H2,1-2H3,(H2,19,21,23,24)/t12-/m0/s1. The van der Waals surface area contributed by atoms with Crippen LogP contribution < -0.4 is 10.6 Å². The van der Waals surface area contributed by atoms with Crippen molar-refractivity contribution < 1.29 is 9.59 Å². The quantitative estimate of drug-likeness (QED) is 0.808. The number of fused-ring (bicyclic) bond motifs is 1. The maximum atomic E-state index is 12.1. The van der Waals surface area contributed by atoms with Crippen molar-refractivity contribution in [3.63, 3.8) is 0 Å². The van der Waals surface area contributed by atoms with Gasteiger partial charge in [0.1, 0.15) is 0 Å². The van der Waals surface area contributed by atoms with Gasteiger partial charge >= 0.3 is 6.03 Å². The Kier molecular flexibility index (Phi) is 4.66. The highest BCUT2D eigenvalue weighted by molar-refractivity contribution is 5.97. The number of hydrogen-bond acceptors (Lipinski definition) is 3. The number of benzene rings is 1. The second kappa shape index (κ2) is 6.88. The zero-order chi connectivity index (χ0) is 17.1. The molecule has 0 spiro atoms. The first-order chi connectivity index (χ1) is 11.6. The number of urea groups is 1. The van der Waals surface area contributed by atoms with Gasteiger partial charge in [-0.1, -0.05) is 24.3 Å². The van der Waals surface area contributed by atoms with Crippen LogP contribution in [0.25, 0.3) is 16.5 Å². The number of aromatic nitrogens is 1. The zero-order valence-electron chi connectivity index (χ0n) is 13.9. The summed E-state index contributed by atoms with van der Waals surface area (Å²) in [4.78, 5) is 28.7. The average Bonchev–Trinajstić information content (AvgIpc) is 3.05. The Hall–Kier alpha value is -2.60. The van der Waals surface area contributed by atoms with E-state index in [1.165, 1.54) is 23.6 Å². The molecule has 0 saturated carbocycles. The summed E-state index contributed by atoms with van der Waals surface area (Å²) in [5, 5.41) is 5.95.